The van der Waals surface area contributed by atoms with Gasteiger partial charge in [0.05, 0.1) is 15.6 Å². The van der Waals surface area contributed by atoms with Gasteiger partial charge in [0.1, 0.15) is 5.75 Å². The average Bonchev–Trinajstić information content (AvgIpc) is 2.32. The van der Waals surface area contributed by atoms with Gasteiger partial charge in [-0.05, 0) is 80.4 Å². The number of ether oxygens (including phenoxy) is 1. The summed E-state index contributed by atoms with van der Waals surface area (Å²) in [5, 5.41) is 0. The molecule has 0 radical (unpaired) electrons. The van der Waals surface area contributed by atoms with Crippen LogP contribution in [0.4, 0.5) is 0 Å². The first-order valence-electron chi connectivity index (χ1n) is 6.07. The minimum Gasteiger partial charge on any atom is -0.491 e. The number of benzene rings is 1. The van der Waals surface area contributed by atoms with Gasteiger partial charge in [0.2, 0.25) is 0 Å². The molecule has 2 N–H and O–H groups in total. The molecule has 0 aliphatic carbocycles. The molecule has 1 aromatic carbocycles. The molecule has 18 heavy (non-hydrogen) atoms. The highest BCUT2D eigenvalue weighted by molar-refractivity contribution is 9.11. The van der Waals surface area contributed by atoms with Crippen LogP contribution in [-0.2, 0) is 6.42 Å². The van der Waals surface area contributed by atoms with Gasteiger partial charge in [-0.15, -0.1) is 0 Å². The second kappa shape index (κ2) is 9.23. The lowest BCUT2D eigenvalue weighted by Gasteiger charge is -2.12. The first-order chi connectivity index (χ1) is 8.69. The van der Waals surface area contributed by atoms with Crippen LogP contribution >= 0.6 is 43.6 Å². The Bertz CT molecular complexity index is 351. The maximum atomic E-state index is 5.81. The summed E-state index contributed by atoms with van der Waals surface area (Å²) >= 11 is 9.04. The second-order valence-electron chi connectivity index (χ2n) is 3.83. The summed E-state index contributed by atoms with van der Waals surface area (Å²) in [6.07, 6.45) is 1.95. The Hall–Kier alpha value is 0.290. The summed E-state index contributed by atoms with van der Waals surface area (Å²) in [7, 11) is 0. The molecule has 0 amide bonds. The van der Waals surface area contributed by atoms with E-state index >= 15 is 0 Å². The van der Waals surface area contributed by atoms with Gasteiger partial charge in [-0.1, -0.05) is 6.92 Å². The van der Waals surface area contributed by atoms with Crippen LogP contribution in [0.5, 0.6) is 5.75 Å². The van der Waals surface area contributed by atoms with E-state index in [1.165, 1.54) is 11.3 Å². The number of thioether (sulfide) groups is 1. The normalized spacial score (nSPS) is 10.7. The van der Waals surface area contributed by atoms with Crippen LogP contribution in [0.3, 0.4) is 0 Å². The number of hydrogen-bond acceptors (Lipinski definition) is 3. The zero-order valence-electron chi connectivity index (χ0n) is 10.5. The lowest BCUT2D eigenvalue weighted by atomic mass is 10.1. The van der Waals surface area contributed by atoms with Crippen LogP contribution in [0.2, 0.25) is 0 Å². The molecule has 1 aromatic rings. The highest BCUT2D eigenvalue weighted by Crippen LogP contribution is 2.35. The van der Waals surface area contributed by atoms with Crippen molar-refractivity contribution in [3.05, 3.63) is 26.6 Å². The molecule has 2 nitrogen and oxygen atoms in total. The molecule has 0 bridgehead atoms. The SMILES string of the molecule is CCSCCCOc1c(Br)cc(CCN)cc1Br. The van der Waals surface area contributed by atoms with Gasteiger partial charge in [-0.3, -0.25) is 0 Å². The average molecular weight is 397 g/mol. The fourth-order valence-electron chi connectivity index (χ4n) is 1.54. The van der Waals surface area contributed by atoms with Crippen LogP contribution in [0.1, 0.15) is 18.9 Å². The van der Waals surface area contributed by atoms with Crippen LogP contribution in [0.15, 0.2) is 21.1 Å². The second-order valence-corrected chi connectivity index (χ2v) is 6.93. The largest absolute Gasteiger partial charge is 0.491 e. The third-order valence-electron chi connectivity index (χ3n) is 2.37. The molecule has 0 aromatic heterocycles. The monoisotopic (exact) mass is 395 g/mol. The van der Waals surface area contributed by atoms with Gasteiger partial charge in [0.15, 0.2) is 0 Å². The van der Waals surface area contributed by atoms with Gasteiger partial charge in [0.25, 0.3) is 0 Å². The standard InChI is InChI=1S/C13H19Br2NOS/c1-2-18-7-3-6-17-13-11(14)8-10(4-5-16)9-12(13)15/h8-9H,2-7,16H2,1H3. The first-order valence-corrected chi connectivity index (χ1v) is 8.81. The molecule has 0 aliphatic rings. The maximum absolute atomic E-state index is 5.81. The van der Waals surface area contributed by atoms with E-state index in [9.17, 15) is 0 Å². The Kier molecular flexibility index (Phi) is 8.39. The molecule has 0 unspecified atom stereocenters. The lowest BCUT2D eigenvalue weighted by Crippen LogP contribution is -2.04. The van der Waals surface area contributed by atoms with Gasteiger partial charge >= 0.3 is 0 Å². The Balaban J connectivity index is 2.54. The molecule has 1 rings (SSSR count). The quantitative estimate of drug-likeness (QED) is 0.667. The Labute approximate surface area is 130 Å². The fraction of sp³-hybridized carbons (Fsp3) is 0.538. The summed E-state index contributed by atoms with van der Waals surface area (Å²) in [5.41, 5.74) is 6.77. The van der Waals surface area contributed by atoms with Crippen molar-refractivity contribution in [2.75, 3.05) is 24.7 Å². The van der Waals surface area contributed by atoms with Crippen molar-refractivity contribution < 1.29 is 4.74 Å². The van der Waals surface area contributed by atoms with Crippen LogP contribution < -0.4 is 10.5 Å². The molecule has 102 valence electrons. The minimum atomic E-state index is 0.660. The van der Waals surface area contributed by atoms with Crippen molar-refractivity contribution in [1.29, 1.82) is 0 Å². The van der Waals surface area contributed by atoms with Gasteiger partial charge in [0, 0.05) is 0 Å². The maximum Gasteiger partial charge on any atom is 0.147 e. The van der Waals surface area contributed by atoms with E-state index < -0.39 is 0 Å². The molecule has 0 saturated heterocycles. The highest BCUT2D eigenvalue weighted by Gasteiger charge is 2.08. The molecule has 0 fully saturated rings. The van der Waals surface area contributed by atoms with E-state index in [0.29, 0.717) is 6.54 Å². The predicted octanol–water partition coefficient (Wildman–Crippen LogP) is 4.23. The van der Waals surface area contributed by atoms with Crippen LogP contribution in [0.25, 0.3) is 0 Å². The van der Waals surface area contributed by atoms with Gasteiger partial charge in [-0.25, -0.2) is 0 Å². The minimum absolute atomic E-state index is 0.660. The third kappa shape index (κ3) is 5.51. The van der Waals surface area contributed by atoms with E-state index in [1.807, 2.05) is 11.8 Å². The third-order valence-corrected chi connectivity index (χ3v) is 4.54. The molecule has 0 spiro atoms. The van der Waals surface area contributed by atoms with E-state index in [-0.39, 0.29) is 0 Å². The number of hydrogen-bond donors (Lipinski definition) is 1. The molecular formula is C13H19Br2NOS. The first kappa shape index (κ1) is 16.3. The zero-order valence-corrected chi connectivity index (χ0v) is 14.5. The number of nitrogens with two attached hydrogens (primary N) is 1. The fourth-order valence-corrected chi connectivity index (χ4v) is 3.66. The van der Waals surface area contributed by atoms with E-state index in [1.54, 1.807) is 0 Å². The van der Waals surface area contributed by atoms with Crippen LogP contribution in [0, 0.1) is 0 Å². The summed E-state index contributed by atoms with van der Waals surface area (Å²) in [5.74, 6) is 3.20. The van der Waals surface area contributed by atoms with Gasteiger partial charge < -0.3 is 10.5 Å². The van der Waals surface area contributed by atoms with Crippen molar-refractivity contribution in [3.63, 3.8) is 0 Å². The lowest BCUT2D eigenvalue weighted by molar-refractivity contribution is 0.314. The Morgan fingerprint density at radius 1 is 1.28 bits per heavy atom. The topological polar surface area (TPSA) is 35.2 Å². The van der Waals surface area contributed by atoms with Gasteiger partial charge in [-0.2, -0.15) is 11.8 Å². The van der Waals surface area contributed by atoms with Crippen LogP contribution in [-0.4, -0.2) is 24.7 Å². The Morgan fingerprint density at radius 2 is 1.94 bits per heavy atom. The van der Waals surface area contributed by atoms with Crippen molar-refractivity contribution in [3.8, 4) is 5.75 Å². The summed E-state index contributed by atoms with van der Waals surface area (Å²) in [6, 6.07) is 4.15. The van der Waals surface area contributed by atoms with E-state index in [4.69, 9.17) is 10.5 Å². The molecule has 0 saturated carbocycles. The van der Waals surface area contributed by atoms with Crippen molar-refractivity contribution in [2.24, 2.45) is 5.73 Å². The van der Waals surface area contributed by atoms with E-state index in [0.717, 1.165) is 39.9 Å². The number of halogens is 2. The molecule has 0 aliphatic heterocycles. The Morgan fingerprint density at radius 3 is 2.50 bits per heavy atom. The summed E-state index contributed by atoms with van der Waals surface area (Å²) in [4.78, 5) is 0. The molecular weight excluding hydrogens is 378 g/mol. The summed E-state index contributed by atoms with van der Waals surface area (Å²) in [6.45, 7) is 3.59. The zero-order chi connectivity index (χ0) is 13.4. The summed E-state index contributed by atoms with van der Waals surface area (Å²) < 4.78 is 7.79. The molecule has 0 atom stereocenters. The number of rotatable bonds is 8. The van der Waals surface area contributed by atoms with Crippen molar-refractivity contribution in [2.45, 2.75) is 19.8 Å². The van der Waals surface area contributed by atoms with Crippen molar-refractivity contribution in [1.82, 2.24) is 0 Å². The van der Waals surface area contributed by atoms with Crippen molar-refractivity contribution >= 4 is 43.6 Å². The highest BCUT2D eigenvalue weighted by atomic mass is 79.9. The van der Waals surface area contributed by atoms with E-state index in [2.05, 4.69) is 50.9 Å². The smallest absolute Gasteiger partial charge is 0.147 e. The molecule has 5 heteroatoms. The molecule has 0 heterocycles. The predicted molar refractivity (Wildman–Crippen MR) is 87.7 cm³/mol.